The van der Waals surface area contributed by atoms with Gasteiger partial charge in [-0.25, -0.2) is 4.98 Å². The Morgan fingerprint density at radius 1 is 1.40 bits per heavy atom. The molecule has 0 radical (unpaired) electrons. The molecule has 1 aromatic carbocycles. The van der Waals surface area contributed by atoms with Crippen LogP contribution in [0, 0.1) is 0 Å². The molecule has 106 valence electrons. The van der Waals surface area contributed by atoms with Crippen molar-refractivity contribution >= 4 is 33.9 Å². The Balaban J connectivity index is 2.67. The first-order valence-electron chi connectivity index (χ1n) is 6.41. The van der Waals surface area contributed by atoms with E-state index in [1.165, 1.54) is 0 Å². The molecular formula is C15H19N3OS. The van der Waals surface area contributed by atoms with E-state index in [1.54, 1.807) is 0 Å². The molecule has 3 N–H and O–H groups in total. The standard InChI is InChI=1S/C15H19N3OS/c1-15(2,9-19)18(3)14-11(13(16)20)8-10-6-4-5-7-12(10)17-14/h4-8,19H,9H2,1-3H3,(H2,16,20). The Morgan fingerprint density at radius 3 is 2.65 bits per heavy atom. The lowest BCUT2D eigenvalue weighted by Gasteiger charge is -2.36. The van der Waals surface area contributed by atoms with Crippen LogP contribution in [-0.4, -0.2) is 34.3 Å². The van der Waals surface area contributed by atoms with E-state index < -0.39 is 5.54 Å². The van der Waals surface area contributed by atoms with Crippen LogP contribution in [0.25, 0.3) is 10.9 Å². The number of aromatic nitrogens is 1. The van der Waals surface area contributed by atoms with Crippen LogP contribution in [0.2, 0.25) is 0 Å². The molecular weight excluding hydrogens is 270 g/mol. The number of hydrogen-bond acceptors (Lipinski definition) is 4. The molecule has 2 aromatic rings. The maximum absolute atomic E-state index is 9.54. The molecule has 1 aromatic heterocycles. The first-order chi connectivity index (χ1) is 9.36. The summed E-state index contributed by atoms with van der Waals surface area (Å²) in [4.78, 5) is 6.87. The second-order valence-corrected chi connectivity index (χ2v) is 5.89. The first-order valence-corrected chi connectivity index (χ1v) is 6.82. The summed E-state index contributed by atoms with van der Waals surface area (Å²) in [5.41, 5.74) is 6.98. The first kappa shape index (κ1) is 14.7. The number of likely N-dealkylation sites (N-methyl/N-ethyl adjacent to an activating group) is 1. The summed E-state index contributed by atoms with van der Waals surface area (Å²) in [7, 11) is 1.88. The molecule has 0 unspecified atom stereocenters. The van der Waals surface area contributed by atoms with Gasteiger partial charge in [0.1, 0.15) is 10.8 Å². The summed E-state index contributed by atoms with van der Waals surface area (Å²) < 4.78 is 0. The zero-order valence-electron chi connectivity index (χ0n) is 11.9. The van der Waals surface area contributed by atoms with Crippen molar-refractivity contribution < 1.29 is 5.11 Å². The number of pyridine rings is 1. The molecule has 4 nitrogen and oxygen atoms in total. The number of para-hydroxylation sites is 1. The minimum atomic E-state index is -0.449. The van der Waals surface area contributed by atoms with Crippen LogP contribution in [0.1, 0.15) is 19.4 Å². The van der Waals surface area contributed by atoms with E-state index in [0.717, 1.165) is 16.5 Å². The molecule has 2 rings (SSSR count). The Kier molecular flexibility index (Phi) is 3.92. The van der Waals surface area contributed by atoms with Crippen LogP contribution in [0.15, 0.2) is 30.3 Å². The van der Waals surface area contributed by atoms with E-state index in [2.05, 4.69) is 4.98 Å². The lowest BCUT2D eigenvalue weighted by atomic mass is 10.0. The number of fused-ring (bicyclic) bond motifs is 1. The monoisotopic (exact) mass is 289 g/mol. The third kappa shape index (κ3) is 2.59. The van der Waals surface area contributed by atoms with Crippen LogP contribution in [0.4, 0.5) is 5.82 Å². The van der Waals surface area contributed by atoms with Gasteiger partial charge in [-0.15, -0.1) is 0 Å². The van der Waals surface area contributed by atoms with E-state index in [1.807, 2.05) is 56.1 Å². The minimum absolute atomic E-state index is 0.00871. The van der Waals surface area contributed by atoms with Gasteiger partial charge >= 0.3 is 0 Å². The summed E-state index contributed by atoms with van der Waals surface area (Å²) in [6.45, 7) is 3.88. The van der Waals surface area contributed by atoms with Crippen molar-refractivity contribution in [2.24, 2.45) is 5.73 Å². The molecule has 0 fully saturated rings. The van der Waals surface area contributed by atoms with E-state index in [-0.39, 0.29) is 6.61 Å². The second-order valence-electron chi connectivity index (χ2n) is 5.45. The van der Waals surface area contributed by atoms with Crippen LogP contribution < -0.4 is 10.6 Å². The number of nitrogens with two attached hydrogens (primary N) is 1. The van der Waals surface area contributed by atoms with Crippen molar-refractivity contribution in [1.82, 2.24) is 4.98 Å². The number of aliphatic hydroxyl groups is 1. The fourth-order valence-electron chi connectivity index (χ4n) is 1.94. The third-order valence-corrected chi connectivity index (χ3v) is 3.80. The molecule has 5 heteroatoms. The van der Waals surface area contributed by atoms with Crippen molar-refractivity contribution in [1.29, 1.82) is 0 Å². The SMILES string of the molecule is CN(c1nc2ccccc2cc1C(N)=S)C(C)(C)CO. The summed E-state index contributed by atoms with van der Waals surface area (Å²) in [6.07, 6.45) is 0. The molecule has 0 bridgehead atoms. The quantitative estimate of drug-likeness (QED) is 0.844. The summed E-state index contributed by atoms with van der Waals surface area (Å²) in [6, 6.07) is 9.77. The summed E-state index contributed by atoms with van der Waals surface area (Å²) in [5, 5.41) is 10.5. The maximum atomic E-state index is 9.54. The van der Waals surface area contributed by atoms with E-state index in [9.17, 15) is 5.11 Å². The number of thiocarbonyl (C=S) groups is 1. The summed E-state index contributed by atoms with van der Waals surface area (Å²) >= 11 is 5.14. The van der Waals surface area contributed by atoms with Gasteiger partial charge in [0.2, 0.25) is 0 Å². The molecule has 0 amide bonds. The predicted octanol–water partition coefficient (Wildman–Crippen LogP) is 2.08. The van der Waals surface area contributed by atoms with Crippen molar-refractivity contribution in [3.63, 3.8) is 0 Å². The van der Waals surface area contributed by atoms with Gasteiger partial charge in [0.05, 0.1) is 23.2 Å². The smallest absolute Gasteiger partial charge is 0.139 e. The van der Waals surface area contributed by atoms with Gasteiger partial charge in [-0.2, -0.15) is 0 Å². The molecule has 0 aliphatic heterocycles. The zero-order chi connectivity index (χ0) is 14.9. The van der Waals surface area contributed by atoms with E-state index in [4.69, 9.17) is 18.0 Å². The molecule has 0 aliphatic rings. The van der Waals surface area contributed by atoms with Crippen molar-refractivity contribution in [3.8, 4) is 0 Å². The maximum Gasteiger partial charge on any atom is 0.139 e. The Hall–Kier alpha value is -1.72. The number of anilines is 1. The average Bonchev–Trinajstić information content (AvgIpc) is 2.44. The normalized spacial score (nSPS) is 11.6. The van der Waals surface area contributed by atoms with Crippen molar-refractivity contribution in [3.05, 3.63) is 35.9 Å². The van der Waals surface area contributed by atoms with Gasteiger partial charge in [0.25, 0.3) is 0 Å². The van der Waals surface area contributed by atoms with Crippen LogP contribution in [0.3, 0.4) is 0 Å². The number of rotatable bonds is 4. The van der Waals surface area contributed by atoms with E-state index >= 15 is 0 Å². The van der Waals surface area contributed by atoms with Crippen LogP contribution in [-0.2, 0) is 0 Å². The number of nitrogens with zero attached hydrogens (tertiary/aromatic N) is 2. The molecule has 20 heavy (non-hydrogen) atoms. The highest BCUT2D eigenvalue weighted by molar-refractivity contribution is 7.80. The van der Waals surface area contributed by atoms with Gasteiger partial charge < -0.3 is 15.7 Å². The van der Waals surface area contributed by atoms with Crippen molar-refractivity contribution in [2.45, 2.75) is 19.4 Å². The predicted molar refractivity (Wildman–Crippen MR) is 87.2 cm³/mol. The molecule has 0 spiro atoms. The van der Waals surface area contributed by atoms with Gasteiger partial charge in [0, 0.05) is 12.4 Å². The van der Waals surface area contributed by atoms with Crippen molar-refractivity contribution in [2.75, 3.05) is 18.6 Å². The van der Waals surface area contributed by atoms with Gasteiger partial charge in [0.15, 0.2) is 0 Å². The fraction of sp³-hybridized carbons (Fsp3) is 0.333. The van der Waals surface area contributed by atoms with E-state index in [0.29, 0.717) is 10.8 Å². The molecule has 0 saturated carbocycles. The van der Waals surface area contributed by atoms with Crippen LogP contribution >= 0.6 is 12.2 Å². The Morgan fingerprint density at radius 2 is 2.05 bits per heavy atom. The summed E-state index contributed by atoms with van der Waals surface area (Å²) in [5.74, 6) is 0.690. The third-order valence-electron chi connectivity index (χ3n) is 3.58. The number of benzene rings is 1. The average molecular weight is 289 g/mol. The Bertz CT molecular complexity index is 655. The lowest BCUT2D eigenvalue weighted by molar-refractivity contribution is 0.215. The minimum Gasteiger partial charge on any atom is -0.394 e. The topological polar surface area (TPSA) is 62.4 Å². The Labute approximate surface area is 124 Å². The van der Waals surface area contributed by atoms with Gasteiger partial charge in [-0.05, 0) is 26.0 Å². The highest BCUT2D eigenvalue weighted by atomic mass is 32.1. The molecule has 0 atom stereocenters. The van der Waals surface area contributed by atoms with Gasteiger partial charge in [-0.1, -0.05) is 30.4 Å². The largest absolute Gasteiger partial charge is 0.394 e. The molecule has 1 heterocycles. The number of aliphatic hydroxyl groups excluding tert-OH is 1. The molecule has 0 aliphatic carbocycles. The second kappa shape index (κ2) is 5.34. The fourth-order valence-corrected chi connectivity index (χ4v) is 2.09. The number of hydrogen-bond donors (Lipinski definition) is 2. The highest BCUT2D eigenvalue weighted by Crippen LogP contribution is 2.27. The lowest BCUT2D eigenvalue weighted by Crippen LogP contribution is -2.45. The zero-order valence-corrected chi connectivity index (χ0v) is 12.7. The molecule has 0 saturated heterocycles. The van der Waals surface area contributed by atoms with Gasteiger partial charge in [-0.3, -0.25) is 0 Å². The highest BCUT2D eigenvalue weighted by Gasteiger charge is 2.26. The van der Waals surface area contributed by atoms with Crippen LogP contribution in [0.5, 0.6) is 0 Å².